The van der Waals surface area contributed by atoms with Gasteiger partial charge in [-0.15, -0.1) is 0 Å². The number of para-hydroxylation sites is 1. The summed E-state index contributed by atoms with van der Waals surface area (Å²) in [6.45, 7) is 0.233. The number of methoxy groups -OCH3 is 2. The van der Waals surface area contributed by atoms with E-state index in [-0.39, 0.29) is 28.3 Å². The van der Waals surface area contributed by atoms with Crippen LogP contribution < -0.4 is 25.8 Å². The zero-order valence-corrected chi connectivity index (χ0v) is 20.6. The number of aromatic nitrogens is 1. The fourth-order valence-electron chi connectivity index (χ4n) is 3.58. The number of hydrogen-bond donors (Lipinski definition) is 3. The largest absolute Gasteiger partial charge is 0.493 e. The molecule has 1 amide bonds. The van der Waals surface area contributed by atoms with Crippen LogP contribution in [0.2, 0.25) is 0 Å². The van der Waals surface area contributed by atoms with Crippen LogP contribution >= 0.6 is 11.3 Å². The predicted octanol–water partition coefficient (Wildman–Crippen LogP) is 4.93. The van der Waals surface area contributed by atoms with Gasteiger partial charge in [0.1, 0.15) is 22.3 Å². The summed E-state index contributed by atoms with van der Waals surface area (Å²) in [6.07, 6.45) is 0. The molecule has 0 unspecified atom stereocenters. The van der Waals surface area contributed by atoms with Gasteiger partial charge in [-0.25, -0.2) is 13.8 Å². The zero-order valence-electron chi connectivity index (χ0n) is 19.8. The van der Waals surface area contributed by atoms with E-state index in [1.165, 1.54) is 20.3 Å². The number of nitrogens with zero attached hydrogens (tertiary/aromatic N) is 1. The van der Waals surface area contributed by atoms with Gasteiger partial charge in [-0.2, -0.15) is 0 Å². The molecule has 0 saturated heterocycles. The van der Waals surface area contributed by atoms with Crippen molar-refractivity contribution in [2.24, 2.45) is 0 Å². The number of amides is 1. The van der Waals surface area contributed by atoms with Crippen molar-refractivity contribution in [2.75, 3.05) is 25.3 Å². The van der Waals surface area contributed by atoms with Crippen LogP contribution in [0.4, 0.5) is 25.4 Å². The second kappa shape index (κ2) is 11.0. The number of carbonyl (C=O) groups excluding carboxylic acids is 2. The third-order valence-electron chi connectivity index (χ3n) is 5.37. The number of benzene rings is 3. The molecule has 0 spiro atoms. The molecule has 8 nitrogen and oxygen atoms in total. The number of thiazole rings is 1. The quantitative estimate of drug-likeness (QED) is 0.266. The number of hydrogen-bond acceptors (Lipinski definition) is 8. The molecule has 4 N–H and O–H groups in total. The van der Waals surface area contributed by atoms with Gasteiger partial charge in [-0.05, 0) is 42.5 Å². The lowest BCUT2D eigenvalue weighted by Crippen LogP contribution is -2.23. The highest BCUT2D eigenvalue weighted by molar-refractivity contribution is 7.18. The molecule has 190 valence electrons. The SMILES string of the molecule is COc1cccc(CNC(=O)c2ccc(Nc3nc(N)c(C(=O)c4c(F)cccc4F)s3)cc2)c1OC. The van der Waals surface area contributed by atoms with Crippen molar-refractivity contribution in [1.82, 2.24) is 10.3 Å². The Morgan fingerprint density at radius 2 is 1.65 bits per heavy atom. The molecule has 0 fully saturated rings. The highest BCUT2D eigenvalue weighted by Gasteiger charge is 2.24. The molecule has 11 heteroatoms. The van der Waals surface area contributed by atoms with Crippen LogP contribution in [0.3, 0.4) is 0 Å². The van der Waals surface area contributed by atoms with Gasteiger partial charge in [0, 0.05) is 23.4 Å². The van der Waals surface area contributed by atoms with Crippen LogP contribution in [0.25, 0.3) is 0 Å². The molecule has 0 aliphatic carbocycles. The van der Waals surface area contributed by atoms with Crippen LogP contribution in [0.15, 0.2) is 60.7 Å². The maximum absolute atomic E-state index is 14.0. The third-order valence-corrected chi connectivity index (χ3v) is 6.36. The Balaban J connectivity index is 1.43. The predicted molar refractivity (Wildman–Crippen MR) is 137 cm³/mol. The first kappa shape index (κ1) is 25.6. The van der Waals surface area contributed by atoms with Crippen molar-refractivity contribution in [2.45, 2.75) is 6.54 Å². The molecular formula is C26H22F2N4O4S. The van der Waals surface area contributed by atoms with Crippen LogP contribution in [0.1, 0.15) is 31.2 Å². The molecule has 0 aliphatic rings. The summed E-state index contributed by atoms with van der Waals surface area (Å²) in [4.78, 5) is 29.3. The van der Waals surface area contributed by atoms with Crippen LogP contribution in [0.5, 0.6) is 11.5 Å². The fraction of sp³-hybridized carbons (Fsp3) is 0.115. The van der Waals surface area contributed by atoms with E-state index in [1.807, 2.05) is 6.07 Å². The van der Waals surface area contributed by atoms with Crippen molar-refractivity contribution in [3.63, 3.8) is 0 Å². The number of nitrogens with two attached hydrogens (primary N) is 1. The zero-order chi connectivity index (χ0) is 26.5. The minimum Gasteiger partial charge on any atom is -0.493 e. The Kier molecular flexibility index (Phi) is 7.63. The molecule has 0 aliphatic heterocycles. The Morgan fingerprint density at radius 1 is 0.973 bits per heavy atom. The molecule has 4 rings (SSSR count). The van der Waals surface area contributed by atoms with E-state index in [4.69, 9.17) is 15.2 Å². The van der Waals surface area contributed by atoms with E-state index in [0.717, 1.165) is 29.0 Å². The third kappa shape index (κ3) is 5.51. The highest BCUT2D eigenvalue weighted by Crippen LogP contribution is 2.32. The van der Waals surface area contributed by atoms with E-state index in [9.17, 15) is 18.4 Å². The molecule has 1 aromatic heterocycles. The molecule has 0 bridgehead atoms. The van der Waals surface area contributed by atoms with Gasteiger partial charge in [0.2, 0.25) is 5.78 Å². The number of carbonyl (C=O) groups is 2. The molecule has 37 heavy (non-hydrogen) atoms. The van der Waals surface area contributed by atoms with Crippen molar-refractivity contribution in [3.05, 3.63) is 93.9 Å². The number of nitrogen functional groups attached to an aromatic ring is 1. The van der Waals surface area contributed by atoms with Gasteiger partial charge in [0.25, 0.3) is 5.91 Å². The summed E-state index contributed by atoms with van der Waals surface area (Å²) in [6, 6.07) is 15.1. The molecule has 1 heterocycles. The van der Waals surface area contributed by atoms with E-state index in [2.05, 4.69) is 15.6 Å². The number of halogens is 2. The van der Waals surface area contributed by atoms with Crippen molar-refractivity contribution >= 4 is 39.7 Å². The van der Waals surface area contributed by atoms with E-state index in [1.54, 1.807) is 36.4 Å². The van der Waals surface area contributed by atoms with Gasteiger partial charge in [-0.1, -0.05) is 29.5 Å². The topological polar surface area (TPSA) is 116 Å². The van der Waals surface area contributed by atoms with Gasteiger partial charge in [0.05, 0.1) is 19.8 Å². The minimum atomic E-state index is -0.981. The number of anilines is 3. The van der Waals surface area contributed by atoms with Crippen molar-refractivity contribution < 1.29 is 27.8 Å². The number of ether oxygens (including phenoxy) is 2. The van der Waals surface area contributed by atoms with E-state index >= 15 is 0 Å². The second-order valence-corrected chi connectivity index (χ2v) is 8.70. The average Bonchev–Trinajstić information content (AvgIpc) is 3.26. The lowest BCUT2D eigenvalue weighted by molar-refractivity contribution is 0.0949. The van der Waals surface area contributed by atoms with E-state index < -0.39 is 23.0 Å². The lowest BCUT2D eigenvalue weighted by atomic mass is 10.1. The van der Waals surface area contributed by atoms with E-state index in [0.29, 0.717) is 22.7 Å². The van der Waals surface area contributed by atoms with Gasteiger partial charge < -0.3 is 25.8 Å². The number of nitrogens with one attached hydrogen (secondary N) is 2. The van der Waals surface area contributed by atoms with Crippen LogP contribution in [0, 0.1) is 11.6 Å². The Bertz CT molecular complexity index is 1440. The lowest BCUT2D eigenvalue weighted by Gasteiger charge is -2.13. The van der Waals surface area contributed by atoms with Gasteiger partial charge >= 0.3 is 0 Å². The molecule has 0 radical (unpaired) electrons. The average molecular weight is 525 g/mol. The minimum absolute atomic E-state index is 0.0875. The molecule has 4 aromatic rings. The standard InChI is InChI=1S/C26H22F2N4O4S/c1-35-19-8-3-5-15(22(19)36-2)13-30-25(34)14-9-11-16(12-10-14)31-26-32-24(29)23(37-26)21(33)20-17(27)6-4-7-18(20)28/h3-12H,13,29H2,1-2H3,(H,30,34)(H,31,32). The first-order valence-corrected chi connectivity index (χ1v) is 11.7. The Labute approximate surface area is 215 Å². The summed E-state index contributed by atoms with van der Waals surface area (Å²) in [5.41, 5.74) is 6.89. The first-order chi connectivity index (χ1) is 17.8. The molecule has 0 saturated carbocycles. The fourth-order valence-corrected chi connectivity index (χ4v) is 4.43. The number of ketones is 1. The summed E-state index contributed by atoms with van der Waals surface area (Å²) < 4.78 is 38.7. The van der Waals surface area contributed by atoms with Gasteiger partial charge in [-0.3, -0.25) is 9.59 Å². The monoisotopic (exact) mass is 524 g/mol. The maximum atomic E-state index is 14.0. The normalized spacial score (nSPS) is 10.6. The highest BCUT2D eigenvalue weighted by atomic mass is 32.1. The smallest absolute Gasteiger partial charge is 0.251 e. The van der Waals surface area contributed by atoms with Crippen molar-refractivity contribution in [1.29, 1.82) is 0 Å². The maximum Gasteiger partial charge on any atom is 0.251 e. The number of rotatable bonds is 9. The molecular weight excluding hydrogens is 502 g/mol. The molecule has 3 aromatic carbocycles. The van der Waals surface area contributed by atoms with Crippen LogP contribution in [-0.2, 0) is 6.54 Å². The van der Waals surface area contributed by atoms with Gasteiger partial charge in [0.15, 0.2) is 16.6 Å². The second-order valence-electron chi connectivity index (χ2n) is 7.70. The summed E-state index contributed by atoms with van der Waals surface area (Å²) in [5.74, 6) is -2.19. The first-order valence-electron chi connectivity index (χ1n) is 10.9. The van der Waals surface area contributed by atoms with Crippen LogP contribution in [-0.4, -0.2) is 30.9 Å². The molecule has 0 atom stereocenters. The Morgan fingerprint density at radius 3 is 2.30 bits per heavy atom. The summed E-state index contributed by atoms with van der Waals surface area (Å²) in [5, 5.41) is 6.07. The summed E-state index contributed by atoms with van der Waals surface area (Å²) in [7, 11) is 3.07. The summed E-state index contributed by atoms with van der Waals surface area (Å²) >= 11 is 0.866. The Hall–Kier alpha value is -4.51. The van der Waals surface area contributed by atoms with Crippen molar-refractivity contribution in [3.8, 4) is 11.5 Å².